The SMILES string of the molecule is Cc1ccc(CN(c2ncnc(NCC3CCN(C(C)(C)C(N)=O)CC3O)c2F)C2CC2)cc1. The predicted molar refractivity (Wildman–Crippen MR) is 130 cm³/mol. The Kier molecular flexibility index (Phi) is 7.04. The number of carbonyl (C=O) groups excluding carboxylic acids is 1. The molecule has 1 aromatic carbocycles. The lowest BCUT2D eigenvalue weighted by Crippen LogP contribution is -2.59. The van der Waals surface area contributed by atoms with Gasteiger partial charge in [-0.3, -0.25) is 9.69 Å². The van der Waals surface area contributed by atoms with E-state index in [9.17, 15) is 9.90 Å². The topological polar surface area (TPSA) is 108 Å². The van der Waals surface area contributed by atoms with E-state index in [1.807, 2.05) is 16.7 Å². The van der Waals surface area contributed by atoms with Crippen molar-refractivity contribution >= 4 is 17.5 Å². The average molecular weight is 471 g/mol. The van der Waals surface area contributed by atoms with Gasteiger partial charge >= 0.3 is 0 Å². The third-order valence-electron chi connectivity index (χ3n) is 7.15. The Bertz CT molecular complexity index is 1010. The van der Waals surface area contributed by atoms with Gasteiger partial charge in [0.25, 0.3) is 0 Å². The van der Waals surface area contributed by atoms with Crippen molar-refractivity contribution in [1.29, 1.82) is 0 Å². The number of nitrogens with zero attached hydrogens (tertiary/aromatic N) is 4. The number of carbonyl (C=O) groups is 1. The van der Waals surface area contributed by atoms with Crippen molar-refractivity contribution in [2.45, 2.75) is 64.3 Å². The van der Waals surface area contributed by atoms with Crippen LogP contribution in [0.4, 0.5) is 16.0 Å². The highest BCUT2D eigenvalue weighted by Gasteiger charge is 2.39. The lowest BCUT2D eigenvalue weighted by atomic mass is 9.89. The second kappa shape index (κ2) is 9.84. The van der Waals surface area contributed by atoms with Crippen molar-refractivity contribution in [2.75, 3.05) is 29.9 Å². The Labute approximate surface area is 200 Å². The summed E-state index contributed by atoms with van der Waals surface area (Å²) in [4.78, 5) is 24.1. The normalized spacial score (nSPS) is 21.3. The molecule has 1 amide bonds. The molecule has 1 saturated heterocycles. The van der Waals surface area contributed by atoms with Gasteiger partial charge in [0.05, 0.1) is 11.6 Å². The lowest BCUT2D eigenvalue weighted by molar-refractivity contribution is -0.131. The number of aliphatic hydroxyl groups is 1. The summed E-state index contributed by atoms with van der Waals surface area (Å²) in [7, 11) is 0. The molecule has 4 rings (SSSR count). The maximum Gasteiger partial charge on any atom is 0.237 e. The molecular weight excluding hydrogens is 435 g/mol. The van der Waals surface area contributed by atoms with Gasteiger partial charge in [-0.2, -0.15) is 4.39 Å². The van der Waals surface area contributed by atoms with Crippen molar-refractivity contribution in [2.24, 2.45) is 11.7 Å². The van der Waals surface area contributed by atoms with Crippen molar-refractivity contribution in [1.82, 2.24) is 14.9 Å². The number of nitrogens with two attached hydrogens (primary N) is 1. The first-order valence-electron chi connectivity index (χ1n) is 12.0. The summed E-state index contributed by atoms with van der Waals surface area (Å²) in [5.41, 5.74) is 6.99. The zero-order valence-electron chi connectivity index (χ0n) is 20.2. The molecule has 2 atom stereocenters. The molecule has 0 spiro atoms. The molecule has 184 valence electrons. The van der Waals surface area contributed by atoms with Crippen LogP contribution in [0.25, 0.3) is 0 Å². The highest BCUT2D eigenvalue weighted by Crippen LogP contribution is 2.35. The Hall–Kier alpha value is -2.78. The van der Waals surface area contributed by atoms with Crippen molar-refractivity contribution in [3.8, 4) is 0 Å². The monoisotopic (exact) mass is 470 g/mol. The van der Waals surface area contributed by atoms with Crippen LogP contribution in [0.5, 0.6) is 0 Å². The summed E-state index contributed by atoms with van der Waals surface area (Å²) in [6, 6.07) is 8.53. The third-order valence-corrected chi connectivity index (χ3v) is 7.15. The van der Waals surface area contributed by atoms with Crippen LogP contribution in [-0.4, -0.2) is 63.2 Å². The van der Waals surface area contributed by atoms with E-state index in [1.54, 1.807) is 13.8 Å². The third kappa shape index (κ3) is 5.31. The fourth-order valence-electron chi connectivity index (χ4n) is 4.45. The van der Waals surface area contributed by atoms with Gasteiger partial charge in [-0.25, -0.2) is 9.97 Å². The summed E-state index contributed by atoms with van der Waals surface area (Å²) in [5.74, 6) is -0.531. The van der Waals surface area contributed by atoms with E-state index in [1.165, 1.54) is 11.9 Å². The molecule has 1 aliphatic heterocycles. The van der Waals surface area contributed by atoms with E-state index >= 15 is 4.39 Å². The first kappa shape index (κ1) is 24.3. The molecule has 8 nitrogen and oxygen atoms in total. The number of likely N-dealkylation sites (tertiary alicyclic amines) is 1. The van der Waals surface area contributed by atoms with Gasteiger partial charge in [-0.05, 0) is 52.1 Å². The zero-order valence-corrected chi connectivity index (χ0v) is 20.2. The van der Waals surface area contributed by atoms with Gasteiger partial charge in [0.15, 0.2) is 11.6 Å². The standard InChI is InChI=1S/C25H35FN6O2/c1-16-4-6-17(7-5-16)13-32(19-8-9-19)23-21(26)22(29-15-30-23)28-12-18-10-11-31(14-20(18)33)25(2,3)24(27)34/h4-7,15,18-20,33H,8-14H2,1-3H3,(H2,27,34)(H,28,29,30). The molecule has 1 aromatic heterocycles. The minimum absolute atomic E-state index is 0.0927. The maximum atomic E-state index is 15.5. The number of halogens is 1. The van der Waals surface area contributed by atoms with Gasteiger partial charge in [0, 0.05) is 31.6 Å². The summed E-state index contributed by atoms with van der Waals surface area (Å²) >= 11 is 0. The number of amides is 1. The molecule has 1 saturated carbocycles. The second-order valence-corrected chi connectivity index (χ2v) is 10.1. The molecule has 1 aliphatic carbocycles. The number of aliphatic hydroxyl groups excluding tert-OH is 1. The van der Waals surface area contributed by atoms with E-state index in [4.69, 9.17) is 5.73 Å². The number of nitrogens with one attached hydrogen (secondary N) is 1. The van der Waals surface area contributed by atoms with Crippen LogP contribution in [0.3, 0.4) is 0 Å². The maximum absolute atomic E-state index is 15.5. The number of rotatable bonds is 9. The van der Waals surface area contributed by atoms with Gasteiger partial charge in [0.1, 0.15) is 6.33 Å². The Morgan fingerprint density at radius 1 is 1.26 bits per heavy atom. The zero-order chi connectivity index (χ0) is 24.5. The molecular formula is C25H35FN6O2. The van der Waals surface area contributed by atoms with Crippen molar-refractivity contribution < 1.29 is 14.3 Å². The van der Waals surface area contributed by atoms with Crippen molar-refractivity contribution in [3.05, 3.63) is 47.5 Å². The summed E-state index contributed by atoms with van der Waals surface area (Å²) in [6.45, 7) is 7.51. The molecule has 2 unspecified atom stereocenters. The fourth-order valence-corrected chi connectivity index (χ4v) is 4.45. The van der Waals surface area contributed by atoms with Gasteiger partial charge in [0.2, 0.25) is 11.7 Å². The van der Waals surface area contributed by atoms with Gasteiger partial charge in [-0.1, -0.05) is 29.8 Å². The summed E-state index contributed by atoms with van der Waals surface area (Å²) in [6.07, 6.45) is 3.43. The van der Waals surface area contributed by atoms with Crippen LogP contribution in [0, 0.1) is 18.7 Å². The number of anilines is 2. The second-order valence-electron chi connectivity index (χ2n) is 10.1. The number of piperidine rings is 1. The van der Waals surface area contributed by atoms with E-state index < -0.39 is 23.4 Å². The molecule has 0 radical (unpaired) electrons. The molecule has 0 bridgehead atoms. The molecule has 9 heteroatoms. The quantitative estimate of drug-likeness (QED) is 0.517. The number of hydrogen-bond donors (Lipinski definition) is 3. The Balaban J connectivity index is 1.42. The highest BCUT2D eigenvalue weighted by molar-refractivity contribution is 5.83. The number of hydrogen-bond acceptors (Lipinski definition) is 7. The minimum Gasteiger partial charge on any atom is -0.391 e. The van der Waals surface area contributed by atoms with Gasteiger partial charge < -0.3 is 21.1 Å². The number of primary amides is 1. The highest BCUT2D eigenvalue weighted by atomic mass is 19.1. The smallest absolute Gasteiger partial charge is 0.237 e. The number of benzene rings is 1. The van der Waals surface area contributed by atoms with E-state index in [0.717, 1.165) is 18.4 Å². The molecule has 2 aliphatic rings. The fraction of sp³-hybridized carbons (Fsp3) is 0.560. The van der Waals surface area contributed by atoms with Crippen LogP contribution in [0.15, 0.2) is 30.6 Å². The summed E-state index contributed by atoms with van der Waals surface area (Å²) in [5, 5.41) is 13.8. The Morgan fingerprint density at radius 3 is 2.59 bits per heavy atom. The van der Waals surface area contributed by atoms with E-state index in [2.05, 4.69) is 39.6 Å². The average Bonchev–Trinajstić information content (AvgIpc) is 3.64. The summed E-state index contributed by atoms with van der Waals surface area (Å²) < 4.78 is 15.5. The molecule has 4 N–H and O–H groups in total. The largest absolute Gasteiger partial charge is 0.391 e. The lowest BCUT2D eigenvalue weighted by Gasteiger charge is -2.43. The van der Waals surface area contributed by atoms with E-state index in [0.29, 0.717) is 38.4 Å². The Morgan fingerprint density at radius 2 is 1.97 bits per heavy atom. The van der Waals surface area contributed by atoms with Crippen LogP contribution >= 0.6 is 0 Å². The van der Waals surface area contributed by atoms with Crippen molar-refractivity contribution in [3.63, 3.8) is 0 Å². The predicted octanol–water partition coefficient (Wildman–Crippen LogP) is 2.45. The minimum atomic E-state index is -0.823. The number of β-amino-alcohol motifs (C(OH)–C–C–N with tert-alkyl or cyclic N) is 1. The first-order chi connectivity index (χ1) is 16.2. The van der Waals surface area contributed by atoms with Crippen LogP contribution in [0.2, 0.25) is 0 Å². The van der Waals surface area contributed by atoms with Gasteiger partial charge in [-0.15, -0.1) is 0 Å². The van der Waals surface area contributed by atoms with Crippen LogP contribution in [0.1, 0.15) is 44.2 Å². The van der Waals surface area contributed by atoms with Crippen LogP contribution in [-0.2, 0) is 11.3 Å². The number of aryl methyl sites for hydroxylation is 1. The number of aromatic nitrogens is 2. The molecule has 34 heavy (non-hydrogen) atoms. The molecule has 2 fully saturated rings. The molecule has 2 heterocycles. The first-order valence-corrected chi connectivity index (χ1v) is 12.0. The molecule has 2 aromatic rings. The van der Waals surface area contributed by atoms with E-state index in [-0.39, 0.29) is 17.8 Å². The van der Waals surface area contributed by atoms with Crippen LogP contribution < -0.4 is 16.0 Å².